The van der Waals surface area contributed by atoms with Crippen molar-refractivity contribution in [1.29, 1.82) is 0 Å². The summed E-state index contributed by atoms with van der Waals surface area (Å²) >= 11 is 3.34. The van der Waals surface area contributed by atoms with Gasteiger partial charge in [-0.3, -0.25) is 10.1 Å². The molecule has 0 aliphatic heterocycles. The summed E-state index contributed by atoms with van der Waals surface area (Å²) in [4.78, 5) is 14.4. The number of halogens is 1. The van der Waals surface area contributed by atoms with Gasteiger partial charge in [-0.15, -0.1) is 0 Å². The molecule has 6 heteroatoms. The number of hydrogen-bond donors (Lipinski definition) is 0. The Morgan fingerprint density at radius 1 is 1.33 bits per heavy atom. The monoisotopic (exact) mass is 308 g/mol. The fraction of sp³-hybridized carbons (Fsp3) is 0.0833. The Bertz CT molecular complexity index is 602. The second-order valence-electron chi connectivity index (χ2n) is 3.57. The summed E-state index contributed by atoms with van der Waals surface area (Å²) in [5.74, 6) is 0.477. The maximum Gasteiger partial charge on any atom is 0.311 e. The Morgan fingerprint density at radius 3 is 2.78 bits per heavy atom. The molecule has 0 N–H and O–H groups in total. The van der Waals surface area contributed by atoms with Crippen molar-refractivity contribution >= 4 is 21.6 Å². The van der Waals surface area contributed by atoms with Crippen LogP contribution in [-0.4, -0.2) is 9.91 Å². The van der Waals surface area contributed by atoms with Gasteiger partial charge in [0.2, 0.25) is 11.6 Å². The largest absolute Gasteiger partial charge is 0.431 e. The van der Waals surface area contributed by atoms with E-state index < -0.39 is 4.92 Å². The third kappa shape index (κ3) is 2.48. The first-order valence-corrected chi connectivity index (χ1v) is 5.91. The molecule has 0 saturated carbocycles. The van der Waals surface area contributed by atoms with Gasteiger partial charge < -0.3 is 4.74 Å². The molecule has 2 aromatic rings. The lowest BCUT2D eigenvalue weighted by Crippen LogP contribution is -1.95. The minimum Gasteiger partial charge on any atom is -0.431 e. The molecule has 0 aliphatic carbocycles. The van der Waals surface area contributed by atoms with Crippen LogP contribution in [0.2, 0.25) is 0 Å². The van der Waals surface area contributed by atoms with Gasteiger partial charge in [-0.1, -0.05) is 12.1 Å². The van der Waals surface area contributed by atoms with Crippen molar-refractivity contribution in [3.8, 4) is 11.6 Å². The second-order valence-corrected chi connectivity index (χ2v) is 4.37. The van der Waals surface area contributed by atoms with E-state index in [4.69, 9.17) is 4.74 Å². The van der Waals surface area contributed by atoms with Crippen molar-refractivity contribution in [2.75, 3.05) is 0 Å². The standard InChI is InChI=1S/C12H9BrN2O3/c1-8-6-7-14-12(11(8)13)18-10-5-3-2-4-9(10)15(16)17/h2-7H,1H3. The van der Waals surface area contributed by atoms with Crippen LogP contribution in [0, 0.1) is 17.0 Å². The molecule has 0 radical (unpaired) electrons. The summed E-state index contributed by atoms with van der Waals surface area (Å²) in [6.07, 6.45) is 1.59. The summed E-state index contributed by atoms with van der Waals surface area (Å²) in [5.41, 5.74) is 0.853. The van der Waals surface area contributed by atoms with Crippen LogP contribution < -0.4 is 4.74 Å². The molecule has 1 aromatic heterocycles. The van der Waals surface area contributed by atoms with Gasteiger partial charge in [-0.05, 0) is 40.5 Å². The molecule has 0 fully saturated rings. The summed E-state index contributed by atoms with van der Waals surface area (Å²) in [7, 11) is 0. The van der Waals surface area contributed by atoms with E-state index in [-0.39, 0.29) is 11.4 Å². The Hall–Kier alpha value is -1.95. The molecular weight excluding hydrogens is 300 g/mol. The number of nitrogens with zero attached hydrogens (tertiary/aromatic N) is 2. The molecule has 0 atom stereocenters. The fourth-order valence-corrected chi connectivity index (χ4v) is 1.70. The van der Waals surface area contributed by atoms with Crippen LogP contribution in [0.1, 0.15) is 5.56 Å². The Labute approximate surface area is 112 Å². The normalized spacial score (nSPS) is 10.1. The lowest BCUT2D eigenvalue weighted by Gasteiger charge is -2.07. The molecule has 2 rings (SSSR count). The Morgan fingerprint density at radius 2 is 2.06 bits per heavy atom. The topological polar surface area (TPSA) is 65.3 Å². The van der Waals surface area contributed by atoms with E-state index in [1.807, 2.05) is 13.0 Å². The highest BCUT2D eigenvalue weighted by atomic mass is 79.9. The summed E-state index contributed by atoms with van der Waals surface area (Å²) in [6.45, 7) is 1.89. The fourth-order valence-electron chi connectivity index (χ4n) is 1.38. The molecule has 0 spiro atoms. The highest BCUT2D eigenvalue weighted by Gasteiger charge is 2.16. The number of aromatic nitrogens is 1. The zero-order valence-electron chi connectivity index (χ0n) is 9.46. The number of rotatable bonds is 3. The van der Waals surface area contributed by atoms with E-state index >= 15 is 0 Å². The molecule has 18 heavy (non-hydrogen) atoms. The van der Waals surface area contributed by atoms with Crippen molar-refractivity contribution < 1.29 is 9.66 Å². The van der Waals surface area contributed by atoms with Crippen LogP contribution in [0.4, 0.5) is 5.69 Å². The van der Waals surface area contributed by atoms with Crippen LogP contribution in [-0.2, 0) is 0 Å². The van der Waals surface area contributed by atoms with E-state index in [1.54, 1.807) is 18.3 Å². The van der Waals surface area contributed by atoms with Crippen molar-refractivity contribution in [2.45, 2.75) is 6.92 Å². The van der Waals surface area contributed by atoms with Crippen molar-refractivity contribution in [2.24, 2.45) is 0 Å². The van der Waals surface area contributed by atoms with Gasteiger partial charge in [0.05, 0.1) is 9.40 Å². The minimum absolute atomic E-state index is 0.0901. The minimum atomic E-state index is -0.487. The smallest absolute Gasteiger partial charge is 0.311 e. The van der Waals surface area contributed by atoms with Gasteiger partial charge in [-0.25, -0.2) is 4.98 Å². The zero-order chi connectivity index (χ0) is 13.1. The molecule has 0 unspecified atom stereocenters. The number of para-hydroxylation sites is 2. The predicted molar refractivity (Wildman–Crippen MR) is 69.8 cm³/mol. The Kier molecular flexibility index (Phi) is 3.57. The Balaban J connectivity index is 2.40. The number of nitro benzene ring substituents is 1. The third-order valence-corrected chi connectivity index (χ3v) is 3.28. The van der Waals surface area contributed by atoms with Crippen LogP contribution in [0.15, 0.2) is 41.0 Å². The highest BCUT2D eigenvalue weighted by molar-refractivity contribution is 9.10. The van der Waals surface area contributed by atoms with E-state index in [9.17, 15) is 10.1 Å². The van der Waals surface area contributed by atoms with E-state index in [0.717, 1.165) is 5.56 Å². The zero-order valence-corrected chi connectivity index (χ0v) is 11.0. The van der Waals surface area contributed by atoms with Crippen LogP contribution >= 0.6 is 15.9 Å². The van der Waals surface area contributed by atoms with Crippen LogP contribution in [0.25, 0.3) is 0 Å². The number of ether oxygens (including phenoxy) is 1. The molecule has 5 nitrogen and oxygen atoms in total. The van der Waals surface area contributed by atoms with Gasteiger partial charge >= 0.3 is 5.69 Å². The lowest BCUT2D eigenvalue weighted by atomic mass is 10.3. The van der Waals surface area contributed by atoms with E-state index in [0.29, 0.717) is 10.4 Å². The maximum absolute atomic E-state index is 10.9. The molecule has 0 bridgehead atoms. The molecule has 0 amide bonds. The van der Waals surface area contributed by atoms with E-state index in [2.05, 4.69) is 20.9 Å². The molecule has 1 heterocycles. The lowest BCUT2D eigenvalue weighted by molar-refractivity contribution is -0.385. The third-order valence-electron chi connectivity index (χ3n) is 2.32. The molecule has 0 saturated heterocycles. The number of aryl methyl sites for hydroxylation is 1. The molecule has 1 aromatic carbocycles. The van der Waals surface area contributed by atoms with Crippen molar-refractivity contribution in [3.05, 3.63) is 56.7 Å². The SMILES string of the molecule is Cc1ccnc(Oc2ccccc2[N+](=O)[O-])c1Br. The van der Waals surface area contributed by atoms with Crippen molar-refractivity contribution in [1.82, 2.24) is 4.98 Å². The predicted octanol–water partition coefficient (Wildman–Crippen LogP) is 3.85. The number of benzene rings is 1. The van der Waals surface area contributed by atoms with Crippen LogP contribution in [0.3, 0.4) is 0 Å². The summed E-state index contributed by atoms with van der Waals surface area (Å²) in [5, 5.41) is 10.9. The second kappa shape index (κ2) is 5.14. The first kappa shape index (κ1) is 12.5. The molecule has 92 valence electrons. The number of hydrogen-bond acceptors (Lipinski definition) is 4. The molecular formula is C12H9BrN2O3. The first-order chi connectivity index (χ1) is 8.59. The summed E-state index contributed by atoms with van der Waals surface area (Å²) in [6, 6.07) is 8.00. The first-order valence-electron chi connectivity index (χ1n) is 5.12. The number of nitro groups is 1. The van der Waals surface area contributed by atoms with Crippen LogP contribution in [0.5, 0.6) is 11.6 Å². The van der Waals surface area contributed by atoms with Crippen molar-refractivity contribution in [3.63, 3.8) is 0 Å². The summed E-state index contributed by atoms with van der Waals surface area (Å²) < 4.78 is 6.17. The van der Waals surface area contributed by atoms with Gasteiger partial charge in [0, 0.05) is 12.3 Å². The highest BCUT2D eigenvalue weighted by Crippen LogP contribution is 2.34. The average molecular weight is 309 g/mol. The quantitative estimate of drug-likeness (QED) is 0.638. The van der Waals surface area contributed by atoms with Gasteiger partial charge in [0.15, 0.2) is 0 Å². The average Bonchev–Trinajstić information content (AvgIpc) is 2.35. The molecule has 0 aliphatic rings. The van der Waals surface area contributed by atoms with Gasteiger partial charge in [0.1, 0.15) is 0 Å². The van der Waals surface area contributed by atoms with Gasteiger partial charge in [0.25, 0.3) is 0 Å². The van der Waals surface area contributed by atoms with Gasteiger partial charge in [-0.2, -0.15) is 0 Å². The number of pyridine rings is 1. The maximum atomic E-state index is 10.9. The van der Waals surface area contributed by atoms with E-state index in [1.165, 1.54) is 12.1 Å².